The number of benzene rings is 1. The molecule has 15 heavy (non-hydrogen) atoms. The van der Waals surface area contributed by atoms with Gasteiger partial charge in [-0.2, -0.15) is 0 Å². The van der Waals surface area contributed by atoms with Crippen LogP contribution < -0.4 is 10.5 Å². The molecule has 0 aliphatic carbocycles. The van der Waals surface area contributed by atoms with E-state index in [1.807, 2.05) is 13.0 Å². The molecule has 0 radical (unpaired) electrons. The lowest BCUT2D eigenvalue weighted by Gasteiger charge is -2.06. The van der Waals surface area contributed by atoms with E-state index in [0.29, 0.717) is 18.9 Å². The van der Waals surface area contributed by atoms with Crippen LogP contribution in [0.25, 0.3) is 0 Å². The number of ether oxygens (including phenoxy) is 1. The number of hydrogen-bond acceptors (Lipinski definition) is 2. The Hall–Kier alpha value is -1.09. The number of nitrogens with two attached hydrogens (primary N) is 1. The van der Waals surface area contributed by atoms with Crippen LogP contribution in [0, 0.1) is 5.82 Å². The second-order valence-electron chi connectivity index (χ2n) is 3.44. The highest BCUT2D eigenvalue weighted by Crippen LogP contribution is 2.19. The van der Waals surface area contributed by atoms with Gasteiger partial charge >= 0.3 is 0 Å². The molecule has 84 valence electrons. The molecule has 1 aromatic rings. The number of halogens is 1. The first-order valence-corrected chi connectivity index (χ1v) is 5.39. The van der Waals surface area contributed by atoms with Crippen LogP contribution in [0.15, 0.2) is 18.2 Å². The number of unbranched alkanes of at least 4 members (excludes halogenated alkanes) is 1. The fraction of sp³-hybridized carbons (Fsp3) is 0.500. The minimum atomic E-state index is -0.276. The normalized spacial score (nSPS) is 10.3. The fourth-order valence-corrected chi connectivity index (χ4v) is 1.45. The summed E-state index contributed by atoms with van der Waals surface area (Å²) >= 11 is 0. The van der Waals surface area contributed by atoms with Gasteiger partial charge in [0.15, 0.2) is 11.6 Å². The molecule has 1 rings (SSSR count). The van der Waals surface area contributed by atoms with Crippen LogP contribution in [0.2, 0.25) is 0 Å². The molecule has 0 aliphatic rings. The quantitative estimate of drug-likeness (QED) is 0.734. The summed E-state index contributed by atoms with van der Waals surface area (Å²) in [5.74, 6) is 0.0576. The molecule has 0 amide bonds. The van der Waals surface area contributed by atoms with Crippen LogP contribution in [0.5, 0.6) is 5.75 Å². The first-order valence-electron chi connectivity index (χ1n) is 5.39. The van der Waals surface area contributed by atoms with E-state index in [1.54, 1.807) is 12.1 Å². The average molecular weight is 211 g/mol. The molecule has 0 fully saturated rings. The van der Waals surface area contributed by atoms with Crippen molar-refractivity contribution in [2.24, 2.45) is 5.73 Å². The highest BCUT2D eigenvalue weighted by atomic mass is 19.1. The summed E-state index contributed by atoms with van der Waals surface area (Å²) in [7, 11) is 0. The van der Waals surface area contributed by atoms with Crippen molar-refractivity contribution < 1.29 is 9.13 Å². The third-order valence-corrected chi connectivity index (χ3v) is 2.22. The molecule has 0 spiro atoms. The summed E-state index contributed by atoms with van der Waals surface area (Å²) in [4.78, 5) is 0. The van der Waals surface area contributed by atoms with E-state index in [2.05, 4.69) is 0 Å². The molecular formula is C12H18FNO. The maximum atomic E-state index is 13.4. The molecule has 2 N–H and O–H groups in total. The van der Waals surface area contributed by atoms with E-state index >= 15 is 0 Å². The second-order valence-corrected chi connectivity index (χ2v) is 3.44. The van der Waals surface area contributed by atoms with Gasteiger partial charge in [0.25, 0.3) is 0 Å². The standard InChI is InChI=1S/C12H18FNO/c1-2-15-12-7-6-10(9-11(12)13)5-3-4-8-14/h6-7,9H,2-5,8,14H2,1H3. The van der Waals surface area contributed by atoms with Gasteiger partial charge in [0, 0.05) is 0 Å². The summed E-state index contributed by atoms with van der Waals surface area (Å²) < 4.78 is 18.5. The molecule has 0 saturated carbocycles. The zero-order valence-electron chi connectivity index (χ0n) is 9.13. The van der Waals surface area contributed by atoms with Crippen molar-refractivity contribution in [1.82, 2.24) is 0 Å². The van der Waals surface area contributed by atoms with E-state index in [0.717, 1.165) is 24.8 Å². The lowest BCUT2D eigenvalue weighted by atomic mass is 10.1. The van der Waals surface area contributed by atoms with Crippen LogP contribution in [0.4, 0.5) is 4.39 Å². The second kappa shape index (κ2) is 6.40. The molecule has 0 aromatic heterocycles. The van der Waals surface area contributed by atoms with E-state index in [9.17, 15) is 4.39 Å². The molecule has 0 unspecified atom stereocenters. The number of aryl methyl sites for hydroxylation is 1. The molecule has 0 aliphatic heterocycles. The van der Waals surface area contributed by atoms with Crippen molar-refractivity contribution in [3.63, 3.8) is 0 Å². The van der Waals surface area contributed by atoms with Gasteiger partial charge in [-0.05, 0) is 50.4 Å². The van der Waals surface area contributed by atoms with Gasteiger partial charge < -0.3 is 10.5 Å². The minimum Gasteiger partial charge on any atom is -0.491 e. The highest BCUT2D eigenvalue weighted by Gasteiger charge is 2.03. The Morgan fingerprint density at radius 2 is 2.13 bits per heavy atom. The van der Waals surface area contributed by atoms with E-state index in [-0.39, 0.29) is 5.82 Å². The molecule has 0 heterocycles. The van der Waals surface area contributed by atoms with Crippen molar-refractivity contribution in [1.29, 1.82) is 0 Å². The SMILES string of the molecule is CCOc1ccc(CCCCN)cc1F. The zero-order valence-corrected chi connectivity index (χ0v) is 9.13. The summed E-state index contributed by atoms with van der Waals surface area (Å²) in [5, 5.41) is 0. The van der Waals surface area contributed by atoms with E-state index in [4.69, 9.17) is 10.5 Å². The van der Waals surface area contributed by atoms with E-state index < -0.39 is 0 Å². The van der Waals surface area contributed by atoms with Crippen molar-refractivity contribution in [2.45, 2.75) is 26.2 Å². The molecule has 0 bridgehead atoms. The van der Waals surface area contributed by atoms with Crippen LogP contribution in [0.3, 0.4) is 0 Å². The summed E-state index contributed by atoms with van der Waals surface area (Å²) in [6.45, 7) is 3.03. The van der Waals surface area contributed by atoms with Gasteiger partial charge in [-0.3, -0.25) is 0 Å². The third kappa shape index (κ3) is 3.88. The fourth-order valence-electron chi connectivity index (χ4n) is 1.45. The lowest BCUT2D eigenvalue weighted by molar-refractivity contribution is 0.321. The maximum Gasteiger partial charge on any atom is 0.165 e. The number of hydrogen-bond donors (Lipinski definition) is 1. The largest absolute Gasteiger partial charge is 0.491 e. The number of rotatable bonds is 6. The van der Waals surface area contributed by atoms with Crippen LogP contribution in [0.1, 0.15) is 25.3 Å². The molecule has 1 aromatic carbocycles. The summed E-state index contributed by atoms with van der Waals surface area (Å²) in [5.41, 5.74) is 6.40. The van der Waals surface area contributed by atoms with Crippen molar-refractivity contribution in [2.75, 3.05) is 13.2 Å². The Labute approximate surface area is 90.2 Å². The molecule has 0 saturated heterocycles. The van der Waals surface area contributed by atoms with Gasteiger partial charge in [-0.1, -0.05) is 6.07 Å². The average Bonchev–Trinajstić information content (AvgIpc) is 2.23. The third-order valence-electron chi connectivity index (χ3n) is 2.22. The predicted molar refractivity (Wildman–Crippen MR) is 59.6 cm³/mol. The molecule has 3 heteroatoms. The van der Waals surface area contributed by atoms with Crippen LogP contribution in [-0.2, 0) is 6.42 Å². The van der Waals surface area contributed by atoms with Gasteiger partial charge in [0.2, 0.25) is 0 Å². The van der Waals surface area contributed by atoms with Gasteiger partial charge in [0.1, 0.15) is 0 Å². The Morgan fingerprint density at radius 1 is 1.33 bits per heavy atom. The Kier molecular flexibility index (Phi) is 5.12. The summed E-state index contributed by atoms with van der Waals surface area (Å²) in [6.07, 6.45) is 2.86. The predicted octanol–water partition coefficient (Wildman–Crippen LogP) is 2.51. The Morgan fingerprint density at radius 3 is 2.73 bits per heavy atom. The maximum absolute atomic E-state index is 13.4. The monoisotopic (exact) mass is 211 g/mol. The molecule has 2 nitrogen and oxygen atoms in total. The van der Waals surface area contributed by atoms with Crippen LogP contribution >= 0.6 is 0 Å². The first kappa shape index (κ1) is 12.0. The lowest BCUT2D eigenvalue weighted by Crippen LogP contribution is -1.99. The minimum absolute atomic E-state index is 0.276. The summed E-state index contributed by atoms with van der Waals surface area (Å²) in [6, 6.07) is 5.14. The van der Waals surface area contributed by atoms with Crippen LogP contribution in [-0.4, -0.2) is 13.2 Å². The van der Waals surface area contributed by atoms with Crippen molar-refractivity contribution in [3.8, 4) is 5.75 Å². The molecule has 0 atom stereocenters. The zero-order chi connectivity index (χ0) is 11.1. The van der Waals surface area contributed by atoms with Crippen molar-refractivity contribution >= 4 is 0 Å². The first-order chi connectivity index (χ1) is 7.27. The smallest absolute Gasteiger partial charge is 0.165 e. The van der Waals surface area contributed by atoms with Gasteiger partial charge in [-0.15, -0.1) is 0 Å². The van der Waals surface area contributed by atoms with Gasteiger partial charge in [0.05, 0.1) is 6.61 Å². The Bertz CT molecular complexity index is 302. The topological polar surface area (TPSA) is 35.2 Å². The highest BCUT2D eigenvalue weighted by molar-refractivity contribution is 5.29. The molecular weight excluding hydrogens is 193 g/mol. The van der Waals surface area contributed by atoms with Crippen molar-refractivity contribution in [3.05, 3.63) is 29.6 Å². The Balaban J connectivity index is 2.56. The van der Waals surface area contributed by atoms with Gasteiger partial charge in [-0.25, -0.2) is 4.39 Å². The van der Waals surface area contributed by atoms with E-state index in [1.165, 1.54) is 0 Å².